The van der Waals surface area contributed by atoms with Crippen molar-refractivity contribution < 1.29 is 48.3 Å². The molecule has 3 N–H and O–H groups in total. The number of hydrogen-bond donors (Lipinski definition) is 3. The fraction of sp³-hybridized carbons (Fsp3) is 0.600. The maximum absolute atomic E-state index is 12.7. The van der Waals surface area contributed by atoms with E-state index in [-0.39, 0.29) is 90.9 Å². The fourth-order valence-electron chi connectivity index (χ4n) is 3.06. The Balaban J connectivity index is 2.65. The smallest absolute Gasteiger partial charge is 0.306 e. The van der Waals surface area contributed by atoms with Crippen LogP contribution in [0.1, 0.15) is 44.1 Å². The zero-order valence-electron chi connectivity index (χ0n) is 20.5. The number of amides is 1. The maximum Gasteiger partial charge on any atom is 0.306 e. The maximum atomic E-state index is 12.7. The molecule has 0 saturated heterocycles. The molecule has 202 valence electrons. The highest BCUT2D eigenvalue weighted by Gasteiger charge is 2.33. The van der Waals surface area contributed by atoms with E-state index in [0.717, 1.165) is 5.56 Å². The molecule has 1 aromatic carbocycles. The second-order valence-corrected chi connectivity index (χ2v) is 8.16. The van der Waals surface area contributed by atoms with Crippen LogP contribution in [0.5, 0.6) is 0 Å². The molecule has 1 unspecified atom stereocenters. The molecule has 0 aliphatic carbocycles. The van der Waals surface area contributed by atoms with Gasteiger partial charge >= 0.3 is 11.9 Å². The molecule has 0 aliphatic heterocycles. The summed E-state index contributed by atoms with van der Waals surface area (Å²) in [6.45, 7) is 0.210. The lowest BCUT2D eigenvalue weighted by molar-refractivity contribution is -0.145. The molecule has 0 aromatic heterocycles. The van der Waals surface area contributed by atoms with Crippen LogP contribution in [0.4, 0.5) is 0 Å². The standard InChI is InChI=1S/C25H37NO10/c27-12-5-14-33-18-25(19-34-15-6-13-28,20-35-16-11-23(30)31)26-22(29)9-4-10-24(32)36-17-21-7-2-1-3-8-21/h1-3,7-8,12,28H,4-6,9-11,13-20H2,(H,26,29)(H,30,31). The van der Waals surface area contributed by atoms with Gasteiger partial charge in [0.15, 0.2) is 0 Å². The number of rotatable bonds is 22. The van der Waals surface area contributed by atoms with Crippen LogP contribution < -0.4 is 5.32 Å². The van der Waals surface area contributed by atoms with E-state index in [9.17, 15) is 19.2 Å². The zero-order chi connectivity index (χ0) is 26.5. The van der Waals surface area contributed by atoms with Crippen LogP contribution in [0, 0.1) is 0 Å². The van der Waals surface area contributed by atoms with Gasteiger partial charge in [0.05, 0.1) is 39.5 Å². The van der Waals surface area contributed by atoms with E-state index in [1.165, 1.54) is 0 Å². The van der Waals surface area contributed by atoms with Crippen LogP contribution in [-0.2, 0) is 44.7 Å². The Morgan fingerprint density at radius 3 is 2.19 bits per heavy atom. The average Bonchev–Trinajstić information content (AvgIpc) is 2.86. The summed E-state index contributed by atoms with van der Waals surface area (Å²) in [5, 5.41) is 20.7. The average molecular weight is 512 g/mol. The van der Waals surface area contributed by atoms with E-state index in [1.54, 1.807) is 0 Å². The molecule has 0 heterocycles. The monoisotopic (exact) mass is 511 g/mol. The van der Waals surface area contributed by atoms with Gasteiger partial charge in [-0.3, -0.25) is 14.4 Å². The van der Waals surface area contributed by atoms with Gasteiger partial charge < -0.3 is 39.3 Å². The van der Waals surface area contributed by atoms with E-state index >= 15 is 0 Å². The quantitative estimate of drug-likeness (QED) is 0.118. The predicted octanol–water partition coefficient (Wildman–Crippen LogP) is 1.25. The van der Waals surface area contributed by atoms with Crippen LogP contribution >= 0.6 is 0 Å². The fourth-order valence-corrected chi connectivity index (χ4v) is 3.06. The van der Waals surface area contributed by atoms with Gasteiger partial charge in [0, 0.05) is 32.5 Å². The summed E-state index contributed by atoms with van der Waals surface area (Å²) in [5.41, 5.74) is -0.283. The Bertz CT molecular complexity index is 773. The van der Waals surface area contributed by atoms with E-state index in [4.69, 9.17) is 29.2 Å². The number of benzene rings is 1. The number of aldehydes is 1. The molecule has 1 aromatic rings. The summed E-state index contributed by atoms with van der Waals surface area (Å²) in [6, 6.07) is 9.26. The summed E-state index contributed by atoms with van der Waals surface area (Å²) in [6.07, 6.45) is 1.40. The highest BCUT2D eigenvalue weighted by atomic mass is 16.5. The summed E-state index contributed by atoms with van der Waals surface area (Å²) >= 11 is 0. The second kappa shape index (κ2) is 19.3. The number of nitrogens with one attached hydrogen (secondary N) is 1. The minimum atomic E-state index is -1.15. The highest BCUT2D eigenvalue weighted by Crippen LogP contribution is 2.12. The number of carboxylic acids is 1. The van der Waals surface area contributed by atoms with E-state index in [0.29, 0.717) is 12.7 Å². The minimum Gasteiger partial charge on any atom is -0.481 e. The van der Waals surface area contributed by atoms with Crippen molar-refractivity contribution in [3.63, 3.8) is 0 Å². The molecule has 0 saturated carbocycles. The van der Waals surface area contributed by atoms with Crippen LogP contribution in [0.25, 0.3) is 0 Å². The summed E-state index contributed by atoms with van der Waals surface area (Å²) in [4.78, 5) is 46.1. The van der Waals surface area contributed by atoms with Crippen LogP contribution in [0.3, 0.4) is 0 Å². The summed E-state index contributed by atoms with van der Waals surface area (Å²) < 4.78 is 21.9. The topological polar surface area (TPSA) is 158 Å². The number of carboxylic acid groups (broad SMARTS) is 1. The van der Waals surface area contributed by atoms with Gasteiger partial charge in [-0.15, -0.1) is 0 Å². The second-order valence-electron chi connectivity index (χ2n) is 8.16. The van der Waals surface area contributed by atoms with Crippen molar-refractivity contribution in [2.24, 2.45) is 0 Å². The molecule has 0 spiro atoms. The Kier molecular flexibility index (Phi) is 16.7. The Morgan fingerprint density at radius 1 is 0.889 bits per heavy atom. The lowest BCUT2D eigenvalue weighted by Gasteiger charge is -2.34. The lowest BCUT2D eigenvalue weighted by Crippen LogP contribution is -2.58. The molecule has 1 amide bonds. The number of ether oxygens (including phenoxy) is 4. The van der Waals surface area contributed by atoms with Crippen molar-refractivity contribution in [3.05, 3.63) is 35.9 Å². The lowest BCUT2D eigenvalue weighted by atomic mass is 10.0. The number of aliphatic carboxylic acids is 1. The molecule has 1 atom stereocenters. The first kappa shape index (κ1) is 31.2. The van der Waals surface area contributed by atoms with Crippen molar-refractivity contribution in [3.8, 4) is 0 Å². The predicted molar refractivity (Wildman–Crippen MR) is 128 cm³/mol. The molecule has 0 fully saturated rings. The van der Waals surface area contributed by atoms with Gasteiger partial charge in [0.2, 0.25) is 5.91 Å². The first-order valence-corrected chi connectivity index (χ1v) is 11.9. The van der Waals surface area contributed by atoms with Crippen molar-refractivity contribution in [1.82, 2.24) is 5.32 Å². The molecular weight excluding hydrogens is 474 g/mol. The van der Waals surface area contributed by atoms with Gasteiger partial charge in [-0.05, 0) is 18.4 Å². The minimum absolute atomic E-state index is 0.0218. The Labute approximate surface area is 211 Å². The van der Waals surface area contributed by atoms with Crippen molar-refractivity contribution >= 4 is 24.1 Å². The largest absolute Gasteiger partial charge is 0.481 e. The van der Waals surface area contributed by atoms with Crippen molar-refractivity contribution in [1.29, 1.82) is 0 Å². The molecule has 36 heavy (non-hydrogen) atoms. The van der Waals surface area contributed by atoms with Crippen molar-refractivity contribution in [2.45, 2.75) is 50.7 Å². The van der Waals surface area contributed by atoms with E-state index in [1.807, 2.05) is 30.3 Å². The zero-order valence-corrected chi connectivity index (χ0v) is 20.5. The van der Waals surface area contributed by atoms with Gasteiger partial charge in [-0.1, -0.05) is 30.3 Å². The van der Waals surface area contributed by atoms with Crippen LogP contribution in [0.2, 0.25) is 0 Å². The van der Waals surface area contributed by atoms with Crippen LogP contribution in [-0.4, -0.2) is 86.1 Å². The summed E-state index contributed by atoms with van der Waals surface area (Å²) in [7, 11) is 0. The number of carbonyl (C=O) groups is 4. The van der Waals surface area contributed by atoms with Crippen LogP contribution in [0.15, 0.2) is 30.3 Å². The number of hydrogen-bond acceptors (Lipinski definition) is 9. The molecule has 11 nitrogen and oxygen atoms in total. The normalized spacial score (nSPS) is 12.5. The number of aliphatic hydroxyl groups excluding tert-OH is 1. The van der Waals surface area contributed by atoms with E-state index in [2.05, 4.69) is 5.32 Å². The number of carbonyl (C=O) groups excluding carboxylic acids is 3. The molecular formula is C25H37NO10. The van der Waals surface area contributed by atoms with E-state index < -0.39 is 17.5 Å². The molecule has 0 aliphatic rings. The molecule has 0 bridgehead atoms. The molecule has 11 heteroatoms. The third kappa shape index (κ3) is 15.2. The Hall–Kier alpha value is -2.86. The first-order chi connectivity index (χ1) is 17.4. The SMILES string of the molecule is O=CCCOCC(COCCCO)(COCCC(=O)O)NC(=O)CCCC(=O)OCc1ccccc1. The first-order valence-electron chi connectivity index (χ1n) is 11.9. The van der Waals surface area contributed by atoms with Gasteiger partial charge in [0.25, 0.3) is 0 Å². The summed E-state index contributed by atoms with van der Waals surface area (Å²) in [5.74, 6) is -1.82. The van der Waals surface area contributed by atoms with Gasteiger partial charge in [0.1, 0.15) is 18.4 Å². The Morgan fingerprint density at radius 2 is 1.56 bits per heavy atom. The van der Waals surface area contributed by atoms with Gasteiger partial charge in [-0.25, -0.2) is 0 Å². The third-order valence-corrected chi connectivity index (χ3v) is 4.85. The number of esters is 1. The molecule has 1 rings (SSSR count). The molecule has 0 radical (unpaired) electrons. The number of aliphatic hydroxyl groups is 1. The van der Waals surface area contributed by atoms with Gasteiger partial charge in [-0.2, -0.15) is 0 Å². The van der Waals surface area contributed by atoms with Crippen molar-refractivity contribution in [2.75, 3.05) is 46.2 Å². The highest BCUT2D eigenvalue weighted by molar-refractivity contribution is 5.78. The third-order valence-electron chi connectivity index (χ3n) is 4.85.